The first-order valence-corrected chi connectivity index (χ1v) is 25.8. The number of ether oxygens (including phenoxy) is 3. The minimum Gasteiger partial charge on any atom is -0.462 e. The second-order valence-corrected chi connectivity index (χ2v) is 16.5. The third-order valence-corrected chi connectivity index (χ3v) is 10.3. The standard InChI is InChI=1S/C59H92O6/c1-4-7-10-13-16-19-22-25-27-29-30-31-33-34-37-40-43-46-49-52-58(61)64-55-56(54-63-57(60)51-48-45-42-39-36-24-21-18-15-12-9-6-3)65-59(62)53-50-47-44-41-38-35-32-28-26-23-20-17-14-11-8-5-2/h7,9-10,12-13,16,18-19,21-22,25,27-35,37-38,56H,4-6,8,11,14-15,17,20,23-24,26,36,39-55H2,1-3H3/b10-7-,12-9-,16-13-,21-18-,22-19-,27-25-,30-29+,32-28-,33-31-,37-34-,38-35-. The summed E-state index contributed by atoms with van der Waals surface area (Å²) in [6, 6.07) is 0. The van der Waals surface area contributed by atoms with Gasteiger partial charge in [0.1, 0.15) is 13.2 Å². The zero-order chi connectivity index (χ0) is 47.2. The first-order valence-electron chi connectivity index (χ1n) is 25.8. The van der Waals surface area contributed by atoms with Gasteiger partial charge in [-0.05, 0) is 89.9 Å². The van der Waals surface area contributed by atoms with Crippen molar-refractivity contribution in [3.63, 3.8) is 0 Å². The zero-order valence-corrected chi connectivity index (χ0v) is 41.4. The second-order valence-electron chi connectivity index (χ2n) is 16.5. The molecule has 0 heterocycles. The summed E-state index contributed by atoms with van der Waals surface area (Å²) in [6.07, 6.45) is 72.9. The molecular formula is C59H92O6. The first-order chi connectivity index (χ1) is 32.0. The maximum Gasteiger partial charge on any atom is 0.306 e. The van der Waals surface area contributed by atoms with Crippen molar-refractivity contribution in [1.29, 1.82) is 0 Å². The van der Waals surface area contributed by atoms with Crippen molar-refractivity contribution in [3.8, 4) is 0 Å². The lowest BCUT2D eigenvalue weighted by Crippen LogP contribution is -2.30. The van der Waals surface area contributed by atoms with E-state index in [2.05, 4.69) is 81.5 Å². The number of unbranched alkanes of at least 4 members (excludes halogenated alkanes) is 18. The number of hydrogen-bond donors (Lipinski definition) is 0. The van der Waals surface area contributed by atoms with Gasteiger partial charge in [-0.1, -0.05) is 225 Å². The molecule has 6 heteroatoms. The third kappa shape index (κ3) is 50.4. The summed E-state index contributed by atoms with van der Waals surface area (Å²) in [5.74, 6) is -1.01. The molecule has 1 atom stereocenters. The molecule has 0 aromatic heterocycles. The van der Waals surface area contributed by atoms with Crippen LogP contribution in [-0.2, 0) is 28.6 Å². The van der Waals surface area contributed by atoms with E-state index in [1.54, 1.807) is 0 Å². The highest BCUT2D eigenvalue weighted by Crippen LogP contribution is 2.12. The summed E-state index contributed by atoms with van der Waals surface area (Å²) in [5, 5.41) is 0. The summed E-state index contributed by atoms with van der Waals surface area (Å²) in [7, 11) is 0. The predicted octanol–water partition coefficient (Wildman–Crippen LogP) is 17.1. The van der Waals surface area contributed by atoms with Gasteiger partial charge in [0.25, 0.3) is 0 Å². The molecule has 1 unspecified atom stereocenters. The number of carbonyl (C=O) groups is 3. The Labute approximate surface area is 398 Å². The maximum absolute atomic E-state index is 12.8. The van der Waals surface area contributed by atoms with E-state index in [0.717, 1.165) is 109 Å². The van der Waals surface area contributed by atoms with E-state index in [9.17, 15) is 14.4 Å². The van der Waals surface area contributed by atoms with Gasteiger partial charge in [0.15, 0.2) is 6.10 Å². The molecule has 6 nitrogen and oxygen atoms in total. The quantitative estimate of drug-likeness (QED) is 0.0199. The van der Waals surface area contributed by atoms with Crippen LogP contribution in [0.1, 0.15) is 201 Å². The van der Waals surface area contributed by atoms with E-state index < -0.39 is 6.10 Å². The Bertz CT molecular complexity index is 1450. The number of carbonyl (C=O) groups excluding carboxylic acids is 3. The van der Waals surface area contributed by atoms with Gasteiger partial charge < -0.3 is 14.2 Å². The normalized spacial score (nSPS) is 13.2. The number of rotatable bonds is 44. The van der Waals surface area contributed by atoms with Gasteiger partial charge in [-0.3, -0.25) is 14.4 Å². The molecule has 0 amide bonds. The van der Waals surface area contributed by atoms with Crippen molar-refractivity contribution in [3.05, 3.63) is 134 Å². The molecule has 0 aromatic carbocycles. The summed E-state index contributed by atoms with van der Waals surface area (Å²) in [4.78, 5) is 38.0. The summed E-state index contributed by atoms with van der Waals surface area (Å²) in [5.41, 5.74) is 0. The molecule has 0 rings (SSSR count). The van der Waals surface area contributed by atoms with Crippen LogP contribution in [0.15, 0.2) is 134 Å². The van der Waals surface area contributed by atoms with Crippen molar-refractivity contribution in [2.24, 2.45) is 0 Å². The van der Waals surface area contributed by atoms with E-state index in [0.29, 0.717) is 19.3 Å². The molecule has 0 N–H and O–H groups in total. The van der Waals surface area contributed by atoms with Crippen LogP contribution >= 0.6 is 0 Å². The van der Waals surface area contributed by atoms with E-state index >= 15 is 0 Å². The molecule has 65 heavy (non-hydrogen) atoms. The van der Waals surface area contributed by atoms with Gasteiger partial charge in [-0.15, -0.1) is 0 Å². The molecule has 0 aliphatic heterocycles. The monoisotopic (exact) mass is 897 g/mol. The van der Waals surface area contributed by atoms with Crippen LogP contribution in [0.3, 0.4) is 0 Å². The minimum atomic E-state index is -0.821. The van der Waals surface area contributed by atoms with Gasteiger partial charge in [0.2, 0.25) is 0 Å². The maximum atomic E-state index is 12.8. The van der Waals surface area contributed by atoms with Crippen molar-refractivity contribution in [1.82, 2.24) is 0 Å². The van der Waals surface area contributed by atoms with Gasteiger partial charge in [0.05, 0.1) is 0 Å². The lowest BCUT2D eigenvalue weighted by Gasteiger charge is -2.18. The van der Waals surface area contributed by atoms with Gasteiger partial charge in [-0.2, -0.15) is 0 Å². The van der Waals surface area contributed by atoms with E-state index in [-0.39, 0.29) is 37.5 Å². The zero-order valence-electron chi connectivity index (χ0n) is 41.4. The smallest absolute Gasteiger partial charge is 0.306 e. The molecule has 0 spiro atoms. The van der Waals surface area contributed by atoms with Crippen molar-refractivity contribution in [2.45, 2.75) is 207 Å². The molecule has 364 valence electrons. The summed E-state index contributed by atoms with van der Waals surface area (Å²) >= 11 is 0. The molecule has 0 aromatic rings. The van der Waals surface area contributed by atoms with Crippen LogP contribution in [0.4, 0.5) is 0 Å². The summed E-state index contributed by atoms with van der Waals surface area (Å²) in [6.45, 7) is 6.28. The topological polar surface area (TPSA) is 78.9 Å². The molecule has 0 fully saturated rings. The molecule has 0 saturated carbocycles. The Morgan fingerprint density at radius 2 is 0.677 bits per heavy atom. The third-order valence-electron chi connectivity index (χ3n) is 10.3. The van der Waals surface area contributed by atoms with Crippen molar-refractivity contribution >= 4 is 17.9 Å². The Hall–Kier alpha value is -4.45. The number of esters is 3. The Balaban J connectivity index is 4.57. The lowest BCUT2D eigenvalue weighted by molar-refractivity contribution is -0.167. The average Bonchev–Trinajstić information content (AvgIpc) is 3.30. The fourth-order valence-corrected chi connectivity index (χ4v) is 6.51. The lowest BCUT2D eigenvalue weighted by atomic mass is 10.1. The van der Waals surface area contributed by atoms with Crippen molar-refractivity contribution < 1.29 is 28.6 Å². The SMILES string of the molecule is CC\C=C/C=C\C=C/C=C\C=C\C=C/C=C\CCCCCC(=O)OCC(COC(=O)CCCCCCC/C=C\C/C=C\CC)OC(=O)CCCCC/C=C\C=C/CCCCCCCCC. The highest BCUT2D eigenvalue weighted by atomic mass is 16.6. The van der Waals surface area contributed by atoms with E-state index in [1.807, 2.05) is 72.9 Å². The van der Waals surface area contributed by atoms with Gasteiger partial charge in [-0.25, -0.2) is 0 Å². The second kappa shape index (κ2) is 52.2. The van der Waals surface area contributed by atoms with Crippen LogP contribution in [0.25, 0.3) is 0 Å². The first kappa shape index (κ1) is 60.5. The van der Waals surface area contributed by atoms with Crippen molar-refractivity contribution in [2.75, 3.05) is 13.2 Å². The molecule has 0 aliphatic rings. The largest absolute Gasteiger partial charge is 0.462 e. The van der Waals surface area contributed by atoms with Crippen LogP contribution in [0.2, 0.25) is 0 Å². The highest BCUT2D eigenvalue weighted by Gasteiger charge is 2.19. The average molecular weight is 897 g/mol. The Kier molecular flexibility index (Phi) is 48.6. The van der Waals surface area contributed by atoms with E-state index in [1.165, 1.54) is 44.9 Å². The fraction of sp³-hybridized carbons (Fsp3) is 0.576. The number of allylic oxidation sites excluding steroid dienone is 22. The highest BCUT2D eigenvalue weighted by molar-refractivity contribution is 5.71. The van der Waals surface area contributed by atoms with Gasteiger partial charge in [0, 0.05) is 19.3 Å². The van der Waals surface area contributed by atoms with Crippen LogP contribution in [0.5, 0.6) is 0 Å². The molecule has 0 aliphatic carbocycles. The minimum absolute atomic E-state index is 0.116. The molecular weight excluding hydrogens is 805 g/mol. The van der Waals surface area contributed by atoms with Gasteiger partial charge >= 0.3 is 17.9 Å². The van der Waals surface area contributed by atoms with Crippen LogP contribution < -0.4 is 0 Å². The molecule has 0 bridgehead atoms. The Morgan fingerprint density at radius 3 is 1.14 bits per heavy atom. The molecule has 0 radical (unpaired) electrons. The Morgan fingerprint density at radius 1 is 0.338 bits per heavy atom. The fourth-order valence-electron chi connectivity index (χ4n) is 6.51. The predicted molar refractivity (Wildman–Crippen MR) is 279 cm³/mol. The molecule has 0 saturated heterocycles. The van der Waals surface area contributed by atoms with E-state index in [4.69, 9.17) is 14.2 Å². The van der Waals surface area contributed by atoms with Crippen LogP contribution in [0, 0.1) is 0 Å². The number of hydrogen-bond acceptors (Lipinski definition) is 6. The van der Waals surface area contributed by atoms with Crippen LogP contribution in [-0.4, -0.2) is 37.2 Å². The summed E-state index contributed by atoms with van der Waals surface area (Å²) < 4.78 is 16.7.